The fourth-order valence-corrected chi connectivity index (χ4v) is 2.78. The minimum atomic E-state index is -0.380. The van der Waals surface area contributed by atoms with Crippen molar-refractivity contribution in [2.75, 3.05) is 7.11 Å². The third-order valence-electron chi connectivity index (χ3n) is 3.90. The number of carbonyl (C=O) groups is 2. The highest BCUT2D eigenvalue weighted by atomic mass is 16.6. The quantitative estimate of drug-likeness (QED) is 0.816. The van der Waals surface area contributed by atoms with Gasteiger partial charge in [0.2, 0.25) is 0 Å². The number of methoxy groups -OCH3 is 1. The first-order valence-electron chi connectivity index (χ1n) is 7.11. The van der Waals surface area contributed by atoms with Crippen LogP contribution in [-0.2, 0) is 14.3 Å². The maximum atomic E-state index is 11.7. The van der Waals surface area contributed by atoms with Gasteiger partial charge in [-0.1, -0.05) is 42.5 Å². The van der Waals surface area contributed by atoms with Crippen LogP contribution in [0, 0.1) is 0 Å². The van der Waals surface area contributed by atoms with Gasteiger partial charge >= 0.3 is 11.9 Å². The SMILES string of the molecule is COC(=O)c1ccc([C@@H]2OC(=O)C[C@@H]2c2ccccc2)cc1. The van der Waals surface area contributed by atoms with E-state index in [2.05, 4.69) is 4.74 Å². The molecule has 0 spiro atoms. The Balaban J connectivity index is 1.89. The van der Waals surface area contributed by atoms with Crippen molar-refractivity contribution in [2.24, 2.45) is 0 Å². The van der Waals surface area contributed by atoms with Crippen molar-refractivity contribution < 1.29 is 19.1 Å². The van der Waals surface area contributed by atoms with Crippen molar-refractivity contribution in [1.82, 2.24) is 0 Å². The topological polar surface area (TPSA) is 52.6 Å². The summed E-state index contributed by atoms with van der Waals surface area (Å²) < 4.78 is 10.2. The van der Waals surface area contributed by atoms with Crippen molar-refractivity contribution in [1.29, 1.82) is 0 Å². The molecule has 1 aliphatic heterocycles. The van der Waals surface area contributed by atoms with Gasteiger partial charge in [-0.25, -0.2) is 4.79 Å². The molecule has 0 aliphatic carbocycles. The van der Waals surface area contributed by atoms with Crippen LogP contribution in [0.15, 0.2) is 54.6 Å². The van der Waals surface area contributed by atoms with Crippen LogP contribution in [0.1, 0.15) is 39.9 Å². The minimum absolute atomic E-state index is 0.00215. The van der Waals surface area contributed by atoms with Gasteiger partial charge < -0.3 is 9.47 Å². The zero-order valence-electron chi connectivity index (χ0n) is 12.2. The molecule has 3 rings (SSSR count). The molecule has 1 heterocycles. The standard InChI is InChI=1S/C18H16O4/c1-21-18(20)14-9-7-13(8-10-14)17-15(11-16(19)22-17)12-5-3-2-4-6-12/h2-10,15,17H,11H2,1H3/t15-,17+/m1/s1. The summed E-state index contributed by atoms with van der Waals surface area (Å²) in [6.07, 6.45) is 0.0505. The lowest BCUT2D eigenvalue weighted by molar-refractivity contribution is -0.141. The lowest BCUT2D eigenvalue weighted by Gasteiger charge is -2.18. The predicted octanol–water partition coefficient (Wildman–Crippen LogP) is 3.25. The van der Waals surface area contributed by atoms with Gasteiger partial charge in [0.1, 0.15) is 6.10 Å². The van der Waals surface area contributed by atoms with Crippen LogP contribution >= 0.6 is 0 Å². The Morgan fingerprint density at radius 1 is 1.05 bits per heavy atom. The van der Waals surface area contributed by atoms with Crippen LogP contribution in [0.5, 0.6) is 0 Å². The van der Waals surface area contributed by atoms with Crippen molar-refractivity contribution in [3.63, 3.8) is 0 Å². The molecular formula is C18H16O4. The molecule has 2 atom stereocenters. The molecular weight excluding hydrogens is 280 g/mol. The van der Waals surface area contributed by atoms with Gasteiger partial charge in [0.05, 0.1) is 19.1 Å². The van der Waals surface area contributed by atoms with Crippen LogP contribution in [0.25, 0.3) is 0 Å². The smallest absolute Gasteiger partial charge is 0.337 e. The van der Waals surface area contributed by atoms with E-state index in [0.29, 0.717) is 12.0 Å². The highest BCUT2D eigenvalue weighted by Gasteiger charge is 2.36. The van der Waals surface area contributed by atoms with E-state index < -0.39 is 0 Å². The van der Waals surface area contributed by atoms with Gasteiger partial charge in [0.15, 0.2) is 0 Å². The molecule has 1 fully saturated rings. The number of ether oxygens (including phenoxy) is 2. The van der Waals surface area contributed by atoms with Crippen LogP contribution < -0.4 is 0 Å². The third kappa shape index (κ3) is 2.72. The average Bonchev–Trinajstić information content (AvgIpc) is 2.97. The monoisotopic (exact) mass is 296 g/mol. The first-order valence-corrected chi connectivity index (χ1v) is 7.11. The number of hydrogen-bond acceptors (Lipinski definition) is 4. The molecule has 2 aromatic rings. The number of rotatable bonds is 3. The summed E-state index contributed by atoms with van der Waals surface area (Å²) in [5, 5.41) is 0. The van der Waals surface area contributed by atoms with Gasteiger partial charge in [-0.05, 0) is 23.3 Å². The molecule has 0 amide bonds. The Labute approximate surface area is 128 Å². The summed E-state index contributed by atoms with van der Waals surface area (Å²) in [5.41, 5.74) is 2.44. The van der Waals surface area contributed by atoms with Crippen molar-refractivity contribution in [3.05, 3.63) is 71.3 Å². The summed E-state index contributed by atoms with van der Waals surface area (Å²) in [4.78, 5) is 23.2. The van der Waals surface area contributed by atoms with Gasteiger partial charge in [-0.3, -0.25) is 4.79 Å². The first kappa shape index (κ1) is 14.3. The number of esters is 2. The summed E-state index contributed by atoms with van der Waals surface area (Å²) in [6.45, 7) is 0. The van der Waals surface area contributed by atoms with Gasteiger partial charge in [0.25, 0.3) is 0 Å². The minimum Gasteiger partial charge on any atom is -0.465 e. The number of cyclic esters (lactones) is 1. The largest absolute Gasteiger partial charge is 0.465 e. The van der Waals surface area contributed by atoms with E-state index in [-0.39, 0.29) is 24.0 Å². The van der Waals surface area contributed by atoms with Crippen molar-refractivity contribution in [2.45, 2.75) is 18.4 Å². The third-order valence-corrected chi connectivity index (χ3v) is 3.90. The molecule has 0 aromatic heterocycles. The molecule has 112 valence electrons. The van der Waals surface area contributed by atoms with Crippen LogP contribution in [0.2, 0.25) is 0 Å². The highest BCUT2D eigenvalue weighted by Crippen LogP contribution is 2.42. The Bertz CT molecular complexity index is 676. The molecule has 0 saturated carbocycles. The molecule has 0 unspecified atom stereocenters. The van der Waals surface area contributed by atoms with E-state index in [4.69, 9.17) is 4.74 Å². The Hall–Kier alpha value is -2.62. The molecule has 0 radical (unpaired) electrons. The molecule has 0 bridgehead atoms. The molecule has 4 heteroatoms. The normalized spacial score (nSPS) is 20.5. The van der Waals surface area contributed by atoms with Gasteiger partial charge in [-0.15, -0.1) is 0 Å². The Kier molecular flexibility index (Phi) is 3.92. The fraction of sp³-hybridized carbons (Fsp3) is 0.222. The van der Waals surface area contributed by atoms with E-state index in [1.54, 1.807) is 12.1 Å². The number of carbonyl (C=O) groups excluding carboxylic acids is 2. The van der Waals surface area contributed by atoms with E-state index >= 15 is 0 Å². The lowest BCUT2D eigenvalue weighted by Crippen LogP contribution is -2.07. The lowest BCUT2D eigenvalue weighted by atomic mass is 9.88. The molecule has 0 N–H and O–H groups in total. The zero-order valence-corrected chi connectivity index (χ0v) is 12.2. The number of hydrogen-bond donors (Lipinski definition) is 0. The summed E-state index contributed by atoms with van der Waals surface area (Å²) in [6, 6.07) is 16.9. The predicted molar refractivity (Wildman–Crippen MR) is 80.4 cm³/mol. The summed E-state index contributed by atoms with van der Waals surface area (Å²) >= 11 is 0. The molecule has 4 nitrogen and oxygen atoms in total. The fourth-order valence-electron chi connectivity index (χ4n) is 2.78. The molecule has 1 saturated heterocycles. The Morgan fingerprint density at radius 3 is 2.36 bits per heavy atom. The molecule has 22 heavy (non-hydrogen) atoms. The van der Waals surface area contributed by atoms with E-state index in [9.17, 15) is 9.59 Å². The summed E-state index contributed by atoms with van der Waals surface area (Å²) in [7, 11) is 1.35. The number of benzene rings is 2. The van der Waals surface area contributed by atoms with Crippen LogP contribution in [0.4, 0.5) is 0 Å². The second-order valence-corrected chi connectivity index (χ2v) is 5.25. The zero-order chi connectivity index (χ0) is 15.5. The second kappa shape index (κ2) is 6.02. The van der Waals surface area contributed by atoms with Crippen LogP contribution in [-0.4, -0.2) is 19.0 Å². The second-order valence-electron chi connectivity index (χ2n) is 5.25. The molecule has 1 aliphatic rings. The van der Waals surface area contributed by atoms with Crippen molar-refractivity contribution in [3.8, 4) is 0 Å². The van der Waals surface area contributed by atoms with E-state index in [1.807, 2.05) is 42.5 Å². The van der Waals surface area contributed by atoms with Gasteiger partial charge in [-0.2, -0.15) is 0 Å². The summed E-state index contributed by atoms with van der Waals surface area (Å²) in [5.74, 6) is -0.580. The maximum absolute atomic E-state index is 11.7. The molecule has 2 aromatic carbocycles. The average molecular weight is 296 g/mol. The Morgan fingerprint density at radius 2 is 1.73 bits per heavy atom. The van der Waals surface area contributed by atoms with Gasteiger partial charge in [0, 0.05) is 5.92 Å². The first-order chi connectivity index (χ1) is 10.7. The van der Waals surface area contributed by atoms with Crippen LogP contribution in [0.3, 0.4) is 0 Å². The van der Waals surface area contributed by atoms with E-state index in [1.165, 1.54) is 7.11 Å². The maximum Gasteiger partial charge on any atom is 0.337 e. The highest BCUT2D eigenvalue weighted by molar-refractivity contribution is 5.89. The van der Waals surface area contributed by atoms with Crippen molar-refractivity contribution >= 4 is 11.9 Å². The van der Waals surface area contributed by atoms with E-state index in [0.717, 1.165) is 11.1 Å².